The standard InChI is InChI=1S/C30H28P2/c1-5-13-27(14-6-1)31(28-15-7-2-8-16-28)23-25-21-26(22-25)24-32(29-17-9-3-10-18-29)30-19-11-4-12-20-30/h1-21,25H,22-24H2. The van der Waals surface area contributed by atoms with E-state index in [1.807, 2.05) is 0 Å². The summed E-state index contributed by atoms with van der Waals surface area (Å²) in [4.78, 5) is 0. The molecule has 0 saturated carbocycles. The van der Waals surface area contributed by atoms with Crippen LogP contribution in [0, 0.1) is 5.92 Å². The van der Waals surface area contributed by atoms with E-state index in [4.69, 9.17) is 0 Å². The molecule has 0 bridgehead atoms. The second-order valence-electron chi connectivity index (χ2n) is 8.33. The van der Waals surface area contributed by atoms with Crippen LogP contribution in [0.15, 0.2) is 133 Å². The molecule has 0 fully saturated rings. The zero-order valence-electron chi connectivity index (χ0n) is 18.2. The maximum atomic E-state index is 2.59. The Balaban J connectivity index is 1.33. The van der Waals surface area contributed by atoms with Crippen molar-refractivity contribution in [3.63, 3.8) is 0 Å². The Hall–Kier alpha value is -2.52. The highest BCUT2D eigenvalue weighted by molar-refractivity contribution is 7.73. The normalized spacial score (nSPS) is 15.4. The summed E-state index contributed by atoms with van der Waals surface area (Å²) < 4.78 is 0. The summed E-state index contributed by atoms with van der Waals surface area (Å²) in [6.07, 6.45) is 6.27. The average Bonchev–Trinajstić information content (AvgIpc) is 2.85. The van der Waals surface area contributed by atoms with Gasteiger partial charge in [0.25, 0.3) is 0 Å². The first-order chi connectivity index (χ1) is 15.9. The zero-order valence-corrected chi connectivity index (χ0v) is 20.0. The number of hydrogen-bond donors (Lipinski definition) is 0. The largest absolute Gasteiger partial charge is 0.0811 e. The summed E-state index contributed by atoms with van der Waals surface area (Å²) in [6, 6.07) is 44.4. The molecule has 5 rings (SSSR count). The second kappa shape index (κ2) is 10.4. The number of hydrogen-bond acceptors (Lipinski definition) is 0. The monoisotopic (exact) mass is 450 g/mol. The van der Waals surface area contributed by atoms with E-state index in [0.717, 1.165) is 0 Å². The van der Waals surface area contributed by atoms with Crippen molar-refractivity contribution in [1.82, 2.24) is 0 Å². The highest BCUT2D eigenvalue weighted by Crippen LogP contribution is 2.45. The van der Waals surface area contributed by atoms with E-state index in [0.29, 0.717) is 5.92 Å². The van der Waals surface area contributed by atoms with Crippen LogP contribution in [0.3, 0.4) is 0 Å². The SMILES string of the molecule is C1=C(CP(c2ccccc2)c2ccccc2)CC1CP(c1ccccc1)c1ccccc1. The number of benzene rings is 4. The molecule has 1 atom stereocenters. The Bertz CT molecular complexity index is 1060. The Labute approximate surface area is 194 Å². The van der Waals surface area contributed by atoms with Gasteiger partial charge in [0, 0.05) is 0 Å². The predicted molar refractivity (Wildman–Crippen MR) is 144 cm³/mol. The van der Waals surface area contributed by atoms with Gasteiger partial charge in [-0.25, -0.2) is 0 Å². The van der Waals surface area contributed by atoms with Gasteiger partial charge in [0.2, 0.25) is 0 Å². The van der Waals surface area contributed by atoms with Crippen LogP contribution in [-0.2, 0) is 0 Å². The molecule has 1 aliphatic rings. The van der Waals surface area contributed by atoms with Crippen molar-refractivity contribution < 1.29 is 0 Å². The third kappa shape index (κ3) is 5.10. The maximum absolute atomic E-state index is 2.59. The van der Waals surface area contributed by atoms with Crippen LogP contribution in [0.25, 0.3) is 0 Å². The maximum Gasteiger partial charge on any atom is -0.00336 e. The zero-order chi connectivity index (χ0) is 21.6. The topological polar surface area (TPSA) is 0 Å². The van der Waals surface area contributed by atoms with E-state index in [1.54, 1.807) is 5.57 Å². The van der Waals surface area contributed by atoms with Gasteiger partial charge < -0.3 is 0 Å². The van der Waals surface area contributed by atoms with Crippen molar-refractivity contribution >= 4 is 37.1 Å². The predicted octanol–water partition coefficient (Wildman–Crippen LogP) is 6.20. The van der Waals surface area contributed by atoms with Gasteiger partial charge in [-0.1, -0.05) is 133 Å². The molecular weight excluding hydrogens is 422 g/mol. The van der Waals surface area contributed by atoms with Gasteiger partial charge in [-0.15, -0.1) is 0 Å². The van der Waals surface area contributed by atoms with Gasteiger partial charge >= 0.3 is 0 Å². The lowest BCUT2D eigenvalue weighted by Gasteiger charge is -2.32. The fourth-order valence-corrected chi connectivity index (χ4v) is 9.29. The Morgan fingerprint density at radius 1 is 0.500 bits per heavy atom. The molecule has 0 radical (unpaired) electrons. The molecule has 0 N–H and O–H groups in total. The lowest BCUT2D eigenvalue weighted by atomic mass is 9.89. The van der Waals surface area contributed by atoms with Crippen LogP contribution < -0.4 is 21.2 Å². The van der Waals surface area contributed by atoms with Gasteiger partial charge in [-0.05, 0) is 61.7 Å². The Kier molecular flexibility index (Phi) is 6.93. The van der Waals surface area contributed by atoms with Crippen molar-refractivity contribution in [3.8, 4) is 0 Å². The minimum atomic E-state index is -0.335. The summed E-state index contributed by atoms with van der Waals surface area (Å²) >= 11 is 0. The van der Waals surface area contributed by atoms with E-state index in [-0.39, 0.29) is 15.8 Å². The quantitative estimate of drug-likeness (QED) is 0.222. The minimum absolute atomic E-state index is 0.311. The number of allylic oxidation sites excluding steroid dienone is 2. The van der Waals surface area contributed by atoms with E-state index in [2.05, 4.69) is 127 Å². The molecule has 1 aliphatic carbocycles. The van der Waals surface area contributed by atoms with E-state index >= 15 is 0 Å². The highest BCUT2D eigenvalue weighted by Gasteiger charge is 2.27. The molecule has 0 amide bonds. The first-order valence-corrected chi connectivity index (χ1v) is 14.4. The van der Waals surface area contributed by atoms with E-state index < -0.39 is 0 Å². The molecule has 0 aromatic heterocycles. The van der Waals surface area contributed by atoms with Crippen molar-refractivity contribution in [2.24, 2.45) is 5.92 Å². The summed E-state index contributed by atoms with van der Waals surface area (Å²) in [5.41, 5.74) is 1.64. The molecule has 4 aromatic carbocycles. The fraction of sp³-hybridized carbons (Fsp3) is 0.133. The lowest BCUT2D eigenvalue weighted by molar-refractivity contribution is 0.649. The van der Waals surface area contributed by atoms with Crippen molar-refractivity contribution in [2.45, 2.75) is 6.42 Å². The van der Waals surface area contributed by atoms with Gasteiger partial charge in [0.1, 0.15) is 0 Å². The fourth-order valence-electron chi connectivity index (χ4n) is 4.43. The molecule has 0 saturated heterocycles. The number of rotatable bonds is 8. The van der Waals surface area contributed by atoms with Crippen LogP contribution in [0.2, 0.25) is 0 Å². The van der Waals surface area contributed by atoms with Crippen molar-refractivity contribution in [1.29, 1.82) is 0 Å². The average molecular weight is 451 g/mol. The highest BCUT2D eigenvalue weighted by atomic mass is 31.1. The van der Waals surface area contributed by atoms with Crippen molar-refractivity contribution in [2.75, 3.05) is 12.3 Å². The molecule has 0 heterocycles. The van der Waals surface area contributed by atoms with Crippen LogP contribution in [0.1, 0.15) is 6.42 Å². The first-order valence-electron chi connectivity index (χ1n) is 11.3. The van der Waals surface area contributed by atoms with Crippen LogP contribution in [-0.4, -0.2) is 12.3 Å². The molecule has 0 aliphatic heterocycles. The molecule has 32 heavy (non-hydrogen) atoms. The summed E-state index contributed by atoms with van der Waals surface area (Å²) in [6.45, 7) is 0. The van der Waals surface area contributed by atoms with Gasteiger partial charge in [0.05, 0.1) is 0 Å². The third-order valence-corrected chi connectivity index (χ3v) is 11.3. The van der Waals surface area contributed by atoms with Crippen LogP contribution >= 0.6 is 15.8 Å². The van der Waals surface area contributed by atoms with Gasteiger partial charge in [-0.2, -0.15) is 0 Å². The van der Waals surface area contributed by atoms with E-state index in [1.165, 1.54) is 40.0 Å². The van der Waals surface area contributed by atoms with E-state index in [9.17, 15) is 0 Å². The first kappa shape index (κ1) is 21.3. The summed E-state index contributed by atoms with van der Waals surface area (Å²) in [7, 11) is -0.646. The molecule has 158 valence electrons. The Morgan fingerprint density at radius 3 is 1.22 bits per heavy atom. The Morgan fingerprint density at radius 2 is 0.844 bits per heavy atom. The summed E-state index contributed by atoms with van der Waals surface area (Å²) in [5.74, 6) is 0.694. The molecular formula is C30H28P2. The van der Waals surface area contributed by atoms with Crippen LogP contribution in [0.4, 0.5) is 0 Å². The minimum Gasteiger partial charge on any atom is -0.0811 e. The van der Waals surface area contributed by atoms with Crippen LogP contribution in [0.5, 0.6) is 0 Å². The van der Waals surface area contributed by atoms with Crippen molar-refractivity contribution in [3.05, 3.63) is 133 Å². The second-order valence-corrected chi connectivity index (χ2v) is 12.8. The summed E-state index contributed by atoms with van der Waals surface area (Å²) in [5, 5.41) is 5.94. The molecule has 4 aromatic rings. The smallest absolute Gasteiger partial charge is 0.00336 e. The van der Waals surface area contributed by atoms with Gasteiger partial charge in [-0.3, -0.25) is 0 Å². The lowest BCUT2D eigenvalue weighted by Crippen LogP contribution is -2.24. The molecule has 0 nitrogen and oxygen atoms in total. The molecule has 0 spiro atoms. The molecule has 2 heteroatoms. The molecule has 1 unspecified atom stereocenters. The third-order valence-electron chi connectivity index (χ3n) is 6.05. The van der Waals surface area contributed by atoms with Gasteiger partial charge in [0.15, 0.2) is 0 Å².